The molecule has 0 aliphatic rings. The Labute approximate surface area is 115 Å². The molecule has 1 nitrogen and oxygen atoms in total. The van der Waals surface area contributed by atoms with E-state index in [9.17, 15) is 13.9 Å². The molecule has 0 saturated heterocycles. The van der Waals surface area contributed by atoms with E-state index in [0.29, 0.717) is 19.3 Å². The Kier molecular flexibility index (Phi) is 5.29. The second-order valence-corrected chi connectivity index (χ2v) is 6.45. The first kappa shape index (κ1) is 15.6. The van der Waals surface area contributed by atoms with E-state index < -0.39 is 17.7 Å². The van der Waals surface area contributed by atoms with Crippen LogP contribution in [0.15, 0.2) is 16.6 Å². The number of halogens is 3. The van der Waals surface area contributed by atoms with Crippen molar-refractivity contribution in [3.05, 3.63) is 33.8 Å². The van der Waals surface area contributed by atoms with Gasteiger partial charge in [-0.05, 0) is 52.7 Å². The van der Waals surface area contributed by atoms with E-state index in [-0.39, 0.29) is 15.5 Å². The van der Waals surface area contributed by atoms with Crippen LogP contribution in [-0.4, -0.2) is 11.2 Å². The summed E-state index contributed by atoms with van der Waals surface area (Å²) >= 11 is 3.04. The normalized spacial score (nSPS) is 13.7. The van der Waals surface area contributed by atoms with Crippen LogP contribution in [0.5, 0.6) is 0 Å². The third kappa shape index (κ3) is 4.02. The van der Waals surface area contributed by atoms with Crippen LogP contribution in [0.3, 0.4) is 0 Å². The summed E-state index contributed by atoms with van der Waals surface area (Å²) in [4.78, 5) is 0. The standard InChI is InChI=1S/C14H19BrF2O/c1-14(2,3)12(18)6-4-5-9-11(16)8-7-10(15)13(9)17/h7-8,12,18H,4-6H2,1-3H3. The molecule has 0 spiro atoms. The Morgan fingerprint density at radius 3 is 2.44 bits per heavy atom. The molecule has 1 N–H and O–H groups in total. The lowest BCUT2D eigenvalue weighted by molar-refractivity contribution is 0.0539. The van der Waals surface area contributed by atoms with Gasteiger partial charge in [-0.1, -0.05) is 20.8 Å². The summed E-state index contributed by atoms with van der Waals surface area (Å²) in [5.41, 5.74) is -0.112. The number of aliphatic hydroxyl groups is 1. The van der Waals surface area contributed by atoms with Gasteiger partial charge in [-0.15, -0.1) is 0 Å². The second-order valence-electron chi connectivity index (χ2n) is 5.60. The Balaban J connectivity index is 2.63. The van der Waals surface area contributed by atoms with Crippen molar-refractivity contribution in [1.29, 1.82) is 0 Å². The SMILES string of the molecule is CC(C)(C)C(O)CCCc1c(F)ccc(Br)c1F. The van der Waals surface area contributed by atoms with Gasteiger partial charge >= 0.3 is 0 Å². The third-order valence-corrected chi connectivity index (χ3v) is 3.66. The van der Waals surface area contributed by atoms with Gasteiger partial charge in [0.05, 0.1) is 10.6 Å². The van der Waals surface area contributed by atoms with E-state index in [0.717, 1.165) is 0 Å². The summed E-state index contributed by atoms with van der Waals surface area (Å²) in [6.07, 6.45) is 0.928. The summed E-state index contributed by atoms with van der Waals surface area (Å²) in [6, 6.07) is 2.61. The average Bonchev–Trinajstić information content (AvgIpc) is 2.27. The highest BCUT2D eigenvalue weighted by Crippen LogP contribution is 2.26. The molecule has 1 aromatic carbocycles. The Bertz CT molecular complexity index is 413. The molecule has 0 saturated carbocycles. The van der Waals surface area contributed by atoms with Crippen molar-refractivity contribution < 1.29 is 13.9 Å². The molecule has 4 heteroatoms. The minimum atomic E-state index is -0.541. The van der Waals surface area contributed by atoms with Crippen molar-refractivity contribution in [2.24, 2.45) is 5.41 Å². The number of rotatable bonds is 4. The van der Waals surface area contributed by atoms with Gasteiger partial charge in [0.15, 0.2) is 0 Å². The lowest BCUT2D eigenvalue weighted by Gasteiger charge is -2.25. The van der Waals surface area contributed by atoms with Crippen molar-refractivity contribution in [1.82, 2.24) is 0 Å². The maximum atomic E-state index is 13.7. The summed E-state index contributed by atoms with van der Waals surface area (Å²) in [5.74, 6) is -1.07. The van der Waals surface area contributed by atoms with Crippen molar-refractivity contribution in [3.63, 3.8) is 0 Å². The predicted octanol–water partition coefficient (Wildman–Crippen LogP) is 4.46. The van der Waals surface area contributed by atoms with E-state index in [4.69, 9.17) is 0 Å². The van der Waals surface area contributed by atoms with Gasteiger partial charge < -0.3 is 5.11 Å². The summed E-state index contributed by atoms with van der Waals surface area (Å²) in [7, 11) is 0. The van der Waals surface area contributed by atoms with Crippen molar-refractivity contribution in [3.8, 4) is 0 Å². The number of aliphatic hydroxyl groups excluding tert-OH is 1. The van der Waals surface area contributed by atoms with E-state index in [2.05, 4.69) is 15.9 Å². The van der Waals surface area contributed by atoms with Crippen molar-refractivity contribution in [2.45, 2.75) is 46.1 Å². The van der Waals surface area contributed by atoms with Crippen LogP contribution in [0, 0.1) is 17.0 Å². The van der Waals surface area contributed by atoms with Gasteiger partial charge in [0.1, 0.15) is 11.6 Å². The molecule has 1 unspecified atom stereocenters. The first-order valence-electron chi connectivity index (χ1n) is 6.04. The van der Waals surface area contributed by atoms with Crippen LogP contribution >= 0.6 is 15.9 Å². The van der Waals surface area contributed by atoms with Crippen molar-refractivity contribution in [2.75, 3.05) is 0 Å². The van der Waals surface area contributed by atoms with Gasteiger partial charge in [-0.25, -0.2) is 8.78 Å². The molecule has 0 heterocycles. The van der Waals surface area contributed by atoms with Crippen LogP contribution in [0.4, 0.5) is 8.78 Å². The third-order valence-electron chi connectivity index (χ3n) is 3.04. The van der Waals surface area contributed by atoms with Gasteiger partial charge in [-0.2, -0.15) is 0 Å². The lowest BCUT2D eigenvalue weighted by Crippen LogP contribution is -2.25. The fourth-order valence-corrected chi connectivity index (χ4v) is 2.07. The number of hydrogen-bond donors (Lipinski definition) is 1. The molecule has 1 rings (SSSR count). The van der Waals surface area contributed by atoms with Crippen LogP contribution in [-0.2, 0) is 6.42 Å². The zero-order valence-corrected chi connectivity index (χ0v) is 12.5. The van der Waals surface area contributed by atoms with Gasteiger partial charge in [0.2, 0.25) is 0 Å². The molecule has 0 aromatic heterocycles. The molecule has 0 radical (unpaired) electrons. The summed E-state index contributed by atoms with van der Waals surface area (Å²) in [6.45, 7) is 5.83. The molecule has 0 aliphatic carbocycles. The smallest absolute Gasteiger partial charge is 0.143 e. The average molecular weight is 321 g/mol. The second kappa shape index (κ2) is 6.11. The molecule has 0 fully saturated rings. The lowest BCUT2D eigenvalue weighted by atomic mass is 9.86. The molecule has 1 atom stereocenters. The fourth-order valence-electron chi connectivity index (χ4n) is 1.70. The zero-order chi connectivity index (χ0) is 13.9. The quantitative estimate of drug-likeness (QED) is 0.812. The number of benzene rings is 1. The Morgan fingerprint density at radius 1 is 1.28 bits per heavy atom. The molecule has 0 aliphatic heterocycles. The Morgan fingerprint density at radius 2 is 1.89 bits per heavy atom. The van der Waals surface area contributed by atoms with Crippen LogP contribution in [0.25, 0.3) is 0 Å². The van der Waals surface area contributed by atoms with Gasteiger partial charge in [0.25, 0.3) is 0 Å². The van der Waals surface area contributed by atoms with Crippen molar-refractivity contribution >= 4 is 15.9 Å². The molecular weight excluding hydrogens is 302 g/mol. The molecule has 102 valence electrons. The first-order chi connectivity index (χ1) is 8.23. The highest BCUT2D eigenvalue weighted by atomic mass is 79.9. The topological polar surface area (TPSA) is 20.2 Å². The molecular formula is C14H19BrF2O. The highest BCUT2D eigenvalue weighted by molar-refractivity contribution is 9.10. The van der Waals surface area contributed by atoms with E-state index in [1.54, 1.807) is 0 Å². The molecule has 0 bridgehead atoms. The van der Waals surface area contributed by atoms with E-state index in [1.165, 1.54) is 12.1 Å². The minimum Gasteiger partial charge on any atom is -0.393 e. The largest absolute Gasteiger partial charge is 0.393 e. The highest BCUT2D eigenvalue weighted by Gasteiger charge is 2.22. The van der Waals surface area contributed by atoms with Crippen LogP contribution in [0.1, 0.15) is 39.2 Å². The van der Waals surface area contributed by atoms with Gasteiger partial charge in [0, 0.05) is 5.56 Å². The number of hydrogen-bond acceptors (Lipinski definition) is 1. The minimum absolute atomic E-state index is 0.0884. The van der Waals surface area contributed by atoms with Gasteiger partial charge in [-0.3, -0.25) is 0 Å². The molecule has 1 aromatic rings. The maximum absolute atomic E-state index is 13.7. The first-order valence-corrected chi connectivity index (χ1v) is 6.83. The monoisotopic (exact) mass is 320 g/mol. The predicted molar refractivity (Wildman–Crippen MR) is 72.5 cm³/mol. The fraction of sp³-hybridized carbons (Fsp3) is 0.571. The molecule has 18 heavy (non-hydrogen) atoms. The zero-order valence-electron chi connectivity index (χ0n) is 10.9. The summed E-state index contributed by atoms with van der Waals surface area (Å²) in [5, 5.41) is 9.86. The molecule has 0 amide bonds. The Hall–Kier alpha value is -0.480. The summed E-state index contributed by atoms with van der Waals surface area (Å²) < 4.78 is 27.4. The van der Waals surface area contributed by atoms with Crippen LogP contribution < -0.4 is 0 Å². The van der Waals surface area contributed by atoms with E-state index >= 15 is 0 Å². The van der Waals surface area contributed by atoms with E-state index in [1.807, 2.05) is 20.8 Å². The maximum Gasteiger partial charge on any atom is 0.143 e. The van der Waals surface area contributed by atoms with Crippen LogP contribution in [0.2, 0.25) is 0 Å².